The quantitative estimate of drug-likeness (QED) is 0.793. The number of hydrogen-bond donors (Lipinski definition) is 1. The summed E-state index contributed by atoms with van der Waals surface area (Å²) in [6.45, 7) is 1.95. The van der Waals surface area contributed by atoms with Gasteiger partial charge in [-0.25, -0.2) is 0 Å². The molecular formula is C16H26Cl2F3N5O. The van der Waals surface area contributed by atoms with Crippen molar-refractivity contribution >= 4 is 30.7 Å². The second kappa shape index (κ2) is 9.95. The smallest absolute Gasteiger partial charge is 0.339 e. The van der Waals surface area contributed by atoms with Gasteiger partial charge in [-0.2, -0.15) is 18.3 Å². The van der Waals surface area contributed by atoms with E-state index in [9.17, 15) is 18.0 Å². The first-order valence-corrected chi connectivity index (χ1v) is 8.70. The van der Waals surface area contributed by atoms with Crippen molar-refractivity contribution in [3.8, 4) is 0 Å². The third kappa shape index (κ3) is 5.73. The molecule has 3 heterocycles. The van der Waals surface area contributed by atoms with Gasteiger partial charge in [0.25, 0.3) is 5.91 Å². The van der Waals surface area contributed by atoms with E-state index in [0.717, 1.165) is 13.1 Å². The zero-order chi connectivity index (χ0) is 17.9. The molecule has 1 aromatic rings. The minimum atomic E-state index is -4.20. The molecule has 0 radical (unpaired) electrons. The predicted octanol–water partition coefficient (Wildman–Crippen LogP) is 1.90. The Morgan fingerprint density at radius 2 is 1.81 bits per heavy atom. The number of hydrogen-bond acceptors (Lipinski definition) is 4. The molecule has 1 aromatic heterocycles. The first-order valence-electron chi connectivity index (χ1n) is 8.70. The highest BCUT2D eigenvalue weighted by Gasteiger charge is 2.44. The van der Waals surface area contributed by atoms with Crippen molar-refractivity contribution in [3.63, 3.8) is 0 Å². The third-order valence-corrected chi connectivity index (χ3v) is 5.05. The van der Waals surface area contributed by atoms with E-state index in [1.165, 1.54) is 4.90 Å². The average molecular weight is 432 g/mol. The number of amides is 1. The normalized spacial score (nSPS) is 20.9. The number of carbonyl (C=O) groups excluding carboxylic acids is 1. The third-order valence-electron chi connectivity index (χ3n) is 5.05. The summed E-state index contributed by atoms with van der Waals surface area (Å²) in [6.07, 6.45) is 1.08. The SMILES string of the molecule is Cl.Cl.O=C(N1CCCN(CC(F)(F)F)CC1)C1(n2cccn2)CCNCC1. The molecule has 156 valence electrons. The zero-order valence-electron chi connectivity index (χ0n) is 15.0. The van der Waals surface area contributed by atoms with E-state index >= 15 is 0 Å². The number of piperidine rings is 1. The monoisotopic (exact) mass is 431 g/mol. The number of aromatic nitrogens is 2. The molecule has 2 aliphatic rings. The molecule has 3 rings (SSSR count). The van der Waals surface area contributed by atoms with Crippen molar-refractivity contribution in [2.45, 2.75) is 31.0 Å². The van der Waals surface area contributed by atoms with Crippen molar-refractivity contribution < 1.29 is 18.0 Å². The maximum absolute atomic E-state index is 13.3. The number of nitrogens with one attached hydrogen (secondary N) is 1. The summed E-state index contributed by atoms with van der Waals surface area (Å²) in [6, 6.07) is 1.80. The predicted molar refractivity (Wildman–Crippen MR) is 100 cm³/mol. The minimum absolute atomic E-state index is 0. The van der Waals surface area contributed by atoms with Crippen LogP contribution >= 0.6 is 24.8 Å². The van der Waals surface area contributed by atoms with Gasteiger partial charge in [0.1, 0.15) is 5.54 Å². The van der Waals surface area contributed by atoms with Crippen LogP contribution in [0.5, 0.6) is 0 Å². The maximum Gasteiger partial charge on any atom is 0.401 e. The molecule has 0 spiro atoms. The average Bonchev–Trinajstić information content (AvgIpc) is 3.02. The molecule has 2 saturated heterocycles. The van der Waals surface area contributed by atoms with Crippen LogP contribution in [0.4, 0.5) is 13.2 Å². The highest BCUT2D eigenvalue weighted by Crippen LogP contribution is 2.30. The van der Waals surface area contributed by atoms with E-state index in [0.29, 0.717) is 38.9 Å². The lowest BCUT2D eigenvalue weighted by Crippen LogP contribution is -2.56. The Labute approximate surface area is 169 Å². The molecule has 1 N–H and O–H groups in total. The molecule has 2 fully saturated rings. The van der Waals surface area contributed by atoms with E-state index in [1.807, 2.05) is 0 Å². The van der Waals surface area contributed by atoms with Crippen LogP contribution in [0.1, 0.15) is 19.3 Å². The molecule has 0 atom stereocenters. The second-order valence-corrected chi connectivity index (χ2v) is 6.77. The van der Waals surface area contributed by atoms with Gasteiger partial charge in [-0.15, -0.1) is 24.8 Å². The fraction of sp³-hybridized carbons (Fsp3) is 0.750. The molecular weight excluding hydrogens is 406 g/mol. The van der Waals surface area contributed by atoms with Gasteiger partial charge in [-0.1, -0.05) is 0 Å². The van der Waals surface area contributed by atoms with Gasteiger partial charge >= 0.3 is 6.18 Å². The van der Waals surface area contributed by atoms with Gasteiger partial charge in [0.15, 0.2) is 0 Å². The van der Waals surface area contributed by atoms with Gasteiger partial charge < -0.3 is 10.2 Å². The topological polar surface area (TPSA) is 53.4 Å². The number of rotatable bonds is 3. The standard InChI is InChI=1S/C16H24F3N5O.2ClH/c17-16(18,19)13-22-8-2-9-23(12-11-22)14(25)15(3-6-20-7-4-15)24-10-1-5-21-24;;/h1,5,10,20H,2-4,6-9,11-13H2;2*1H. The Kier molecular flexibility index (Phi) is 8.85. The highest BCUT2D eigenvalue weighted by atomic mass is 35.5. The number of halogens is 5. The van der Waals surface area contributed by atoms with Crippen LogP contribution in [0.2, 0.25) is 0 Å². The molecule has 27 heavy (non-hydrogen) atoms. The lowest BCUT2D eigenvalue weighted by molar-refractivity contribution is -0.146. The Bertz CT molecular complexity index is 579. The Morgan fingerprint density at radius 1 is 1.11 bits per heavy atom. The number of carbonyl (C=O) groups is 1. The maximum atomic E-state index is 13.3. The molecule has 11 heteroatoms. The summed E-state index contributed by atoms with van der Waals surface area (Å²) in [5, 5.41) is 7.56. The molecule has 1 amide bonds. The van der Waals surface area contributed by atoms with Crippen LogP contribution in [0.3, 0.4) is 0 Å². The van der Waals surface area contributed by atoms with Gasteiger partial charge in [-0.3, -0.25) is 14.4 Å². The number of nitrogens with zero attached hydrogens (tertiary/aromatic N) is 4. The van der Waals surface area contributed by atoms with Crippen molar-refractivity contribution in [2.24, 2.45) is 0 Å². The fourth-order valence-corrected chi connectivity index (χ4v) is 3.78. The first kappa shape index (κ1) is 24.0. The van der Waals surface area contributed by atoms with Gasteiger partial charge in [0.05, 0.1) is 6.54 Å². The van der Waals surface area contributed by atoms with Crippen molar-refractivity contribution in [1.82, 2.24) is 24.9 Å². The van der Waals surface area contributed by atoms with Crippen molar-refractivity contribution in [2.75, 3.05) is 45.8 Å². The molecule has 0 bridgehead atoms. The summed E-state index contributed by atoms with van der Waals surface area (Å²) in [7, 11) is 0. The van der Waals surface area contributed by atoms with Gasteiger partial charge in [-0.05, 0) is 38.4 Å². The minimum Gasteiger partial charge on any atom is -0.339 e. The fourth-order valence-electron chi connectivity index (χ4n) is 3.78. The van der Waals surface area contributed by atoms with Crippen LogP contribution in [-0.4, -0.2) is 77.5 Å². The summed E-state index contributed by atoms with van der Waals surface area (Å²) in [5.74, 6) is -0.0217. The van der Waals surface area contributed by atoms with Crippen molar-refractivity contribution in [3.05, 3.63) is 18.5 Å². The van der Waals surface area contributed by atoms with E-state index in [1.54, 1.807) is 28.0 Å². The van der Waals surface area contributed by atoms with Crippen LogP contribution in [0, 0.1) is 0 Å². The van der Waals surface area contributed by atoms with Crippen molar-refractivity contribution in [1.29, 1.82) is 0 Å². The lowest BCUT2D eigenvalue weighted by atomic mass is 9.86. The Balaban J connectivity index is 0.00000182. The van der Waals surface area contributed by atoms with Gasteiger partial charge in [0.2, 0.25) is 0 Å². The molecule has 0 saturated carbocycles. The molecule has 0 aliphatic carbocycles. The zero-order valence-corrected chi connectivity index (χ0v) is 16.6. The van der Waals surface area contributed by atoms with Crippen LogP contribution in [0.25, 0.3) is 0 Å². The molecule has 0 unspecified atom stereocenters. The highest BCUT2D eigenvalue weighted by molar-refractivity contribution is 5.86. The first-order chi connectivity index (χ1) is 11.9. The van der Waals surface area contributed by atoms with Crippen LogP contribution in [0.15, 0.2) is 18.5 Å². The second-order valence-electron chi connectivity index (χ2n) is 6.77. The summed E-state index contributed by atoms with van der Waals surface area (Å²) in [4.78, 5) is 16.4. The van der Waals surface area contributed by atoms with Crippen LogP contribution < -0.4 is 5.32 Å². The molecule has 0 aromatic carbocycles. The van der Waals surface area contributed by atoms with Gasteiger partial charge in [0, 0.05) is 38.6 Å². The lowest BCUT2D eigenvalue weighted by Gasteiger charge is -2.40. The van der Waals surface area contributed by atoms with E-state index in [-0.39, 0.29) is 37.3 Å². The van der Waals surface area contributed by atoms with E-state index in [4.69, 9.17) is 0 Å². The molecule has 2 aliphatic heterocycles. The largest absolute Gasteiger partial charge is 0.401 e. The summed E-state index contributed by atoms with van der Waals surface area (Å²) >= 11 is 0. The number of alkyl halides is 3. The van der Waals surface area contributed by atoms with E-state index < -0.39 is 18.3 Å². The van der Waals surface area contributed by atoms with E-state index in [2.05, 4.69) is 10.4 Å². The Hall–Kier alpha value is -1.03. The summed E-state index contributed by atoms with van der Waals surface area (Å²) in [5.41, 5.74) is -0.728. The summed E-state index contributed by atoms with van der Waals surface area (Å²) < 4.78 is 39.6. The van der Waals surface area contributed by atoms with Crippen LogP contribution in [-0.2, 0) is 10.3 Å². The molecule has 6 nitrogen and oxygen atoms in total. The Morgan fingerprint density at radius 3 is 2.41 bits per heavy atom.